The first-order valence-electron chi connectivity index (χ1n) is 16.1. The molecule has 0 unspecified atom stereocenters. The molecule has 0 spiro atoms. The van der Waals surface area contributed by atoms with E-state index in [0.717, 1.165) is 76.2 Å². The second-order valence-electron chi connectivity index (χ2n) is 12.0. The molecule has 0 nitrogen and oxygen atoms in total. The summed E-state index contributed by atoms with van der Waals surface area (Å²) in [5, 5.41) is 0. The highest BCUT2D eigenvalue weighted by molar-refractivity contribution is 14.1. The van der Waals surface area contributed by atoms with Gasteiger partial charge < -0.3 is 0 Å². The Morgan fingerprint density at radius 2 is 0.576 bits per heavy atom. The van der Waals surface area contributed by atoms with Crippen LogP contribution in [0.1, 0.15) is 22.3 Å². The van der Waals surface area contributed by atoms with Crippen molar-refractivity contribution in [1.29, 1.82) is 0 Å². The minimum absolute atomic E-state index is 0.594. The van der Waals surface area contributed by atoms with Gasteiger partial charge in [-0.05, 0) is 240 Å². The zero-order chi connectivity index (χ0) is 43.7. The standard InChI is InChI=1S/C20H10F6I3S.C20H11F6I2S/c21-19(22,23)11-1-5-14(6-2-11)30(18-16(28)9-13(27)10-17(18)29)15-7-3-12(4-8-15)20(24,25)26;21-19(22,23)12-1-6-15(7-2-12)29(18-10-5-14(27)11-17(18)28)16-8-3-13(4-9-16)20(24,25)26/h1-10H;1-11H/q2*+1. The summed E-state index contributed by atoms with van der Waals surface area (Å²) >= 11 is 10.8. The smallest absolute Gasteiger partial charge is 0.166 e. The van der Waals surface area contributed by atoms with Crippen LogP contribution in [0.3, 0.4) is 0 Å². The molecule has 0 aromatic heterocycles. The molecule has 0 aliphatic heterocycles. The first kappa shape index (κ1) is 48.9. The maximum atomic E-state index is 13.0. The molecule has 6 aromatic carbocycles. The summed E-state index contributed by atoms with van der Waals surface area (Å²) in [6.07, 6.45) is -17.8. The van der Waals surface area contributed by atoms with Gasteiger partial charge in [0.25, 0.3) is 0 Å². The van der Waals surface area contributed by atoms with E-state index in [-0.39, 0.29) is 0 Å². The Morgan fingerprint density at radius 1 is 0.305 bits per heavy atom. The molecule has 310 valence electrons. The Bertz CT molecular complexity index is 2240. The normalized spacial score (nSPS) is 12.5. The van der Waals surface area contributed by atoms with Crippen LogP contribution in [-0.2, 0) is 46.5 Å². The first-order valence-corrected chi connectivity index (χ1v) is 24.0. The Hall–Kier alpha value is -1.17. The van der Waals surface area contributed by atoms with Crippen molar-refractivity contribution in [3.63, 3.8) is 0 Å². The number of benzene rings is 6. The fourth-order valence-corrected chi connectivity index (χ4v) is 16.5. The van der Waals surface area contributed by atoms with Crippen LogP contribution < -0.4 is 0 Å². The van der Waals surface area contributed by atoms with Gasteiger partial charge in [-0.3, -0.25) is 0 Å². The van der Waals surface area contributed by atoms with E-state index in [9.17, 15) is 52.7 Å². The maximum absolute atomic E-state index is 13.0. The van der Waals surface area contributed by atoms with Gasteiger partial charge in [-0.2, -0.15) is 52.7 Å². The second kappa shape index (κ2) is 19.7. The topological polar surface area (TPSA) is 0 Å². The third kappa shape index (κ3) is 12.7. The minimum atomic E-state index is -4.46. The molecule has 19 heteroatoms. The number of alkyl halides is 12. The van der Waals surface area contributed by atoms with Gasteiger partial charge in [-0.1, -0.05) is 0 Å². The van der Waals surface area contributed by atoms with E-state index in [1.165, 1.54) is 48.5 Å². The molecule has 0 amide bonds. The number of hydrogen-bond acceptors (Lipinski definition) is 0. The first-order chi connectivity index (χ1) is 27.3. The Kier molecular flexibility index (Phi) is 16.3. The molecule has 0 N–H and O–H groups in total. The summed E-state index contributed by atoms with van der Waals surface area (Å²) < 4.78 is 160. The average Bonchev–Trinajstić information content (AvgIpc) is 3.13. The van der Waals surface area contributed by atoms with E-state index in [1.54, 1.807) is 0 Å². The molecule has 6 aromatic rings. The van der Waals surface area contributed by atoms with Crippen molar-refractivity contribution < 1.29 is 52.7 Å². The summed E-state index contributed by atoms with van der Waals surface area (Å²) in [5.74, 6) is 0. The zero-order valence-electron chi connectivity index (χ0n) is 28.9. The molecule has 0 aliphatic carbocycles. The zero-order valence-corrected chi connectivity index (χ0v) is 41.3. The van der Waals surface area contributed by atoms with Crippen molar-refractivity contribution >= 4 is 135 Å². The van der Waals surface area contributed by atoms with Gasteiger partial charge in [0.05, 0.1) is 33.0 Å². The minimum Gasteiger partial charge on any atom is -0.166 e. The van der Waals surface area contributed by atoms with Crippen molar-refractivity contribution in [3.8, 4) is 0 Å². The van der Waals surface area contributed by atoms with Gasteiger partial charge in [0.2, 0.25) is 0 Å². The largest absolute Gasteiger partial charge is 0.416 e. The summed E-state index contributed by atoms with van der Waals surface area (Å²) in [7, 11) is -1.72. The van der Waals surface area contributed by atoms with Gasteiger partial charge in [-0.15, -0.1) is 0 Å². The SMILES string of the molecule is FC(F)(F)c1ccc([S+](c2ccc(C(F)(F)F)cc2)c2c(I)cc(I)cc2I)cc1.FC(F)(F)c1ccc([S+](c2ccc(C(F)(F)F)cc2)c2ccc(I)cc2I)cc1. The van der Waals surface area contributed by atoms with Crippen LogP contribution in [0.15, 0.2) is 157 Å². The lowest BCUT2D eigenvalue weighted by atomic mass is 10.2. The van der Waals surface area contributed by atoms with Crippen LogP contribution >= 0.6 is 113 Å². The maximum Gasteiger partial charge on any atom is 0.416 e. The number of hydrogen-bond donors (Lipinski definition) is 0. The van der Waals surface area contributed by atoms with Gasteiger partial charge in [0.1, 0.15) is 21.8 Å². The predicted molar refractivity (Wildman–Crippen MR) is 247 cm³/mol. The third-order valence-corrected chi connectivity index (χ3v) is 17.6. The van der Waals surface area contributed by atoms with Crippen LogP contribution in [0.2, 0.25) is 0 Å². The van der Waals surface area contributed by atoms with Gasteiger partial charge in [0, 0.05) is 7.14 Å². The van der Waals surface area contributed by atoms with Crippen molar-refractivity contribution in [2.45, 2.75) is 54.1 Å². The molecule has 59 heavy (non-hydrogen) atoms. The fourth-order valence-electron chi connectivity index (χ4n) is 5.25. The molecule has 0 saturated carbocycles. The Labute approximate surface area is 404 Å². The van der Waals surface area contributed by atoms with E-state index >= 15 is 0 Å². The number of rotatable bonds is 6. The van der Waals surface area contributed by atoms with Gasteiger partial charge in [-0.25, -0.2) is 0 Å². The van der Waals surface area contributed by atoms with Gasteiger partial charge in [0.15, 0.2) is 29.4 Å². The van der Waals surface area contributed by atoms with Crippen molar-refractivity contribution in [3.05, 3.63) is 167 Å². The van der Waals surface area contributed by atoms with E-state index in [2.05, 4.69) is 113 Å². The quantitative estimate of drug-likeness (QED) is 0.0886. The summed E-state index contributed by atoms with van der Waals surface area (Å²) in [6.45, 7) is 0. The third-order valence-electron chi connectivity index (χ3n) is 7.95. The van der Waals surface area contributed by atoms with E-state index in [1.807, 2.05) is 30.3 Å². The Balaban J connectivity index is 0.000000224. The molecule has 0 saturated heterocycles. The van der Waals surface area contributed by atoms with Crippen LogP contribution in [0.25, 0.3) is 0 Å². The molecule has 0 radical (unpaired) electrons. The highest BCUT2D eigenvalue weighted by atomic mass is 127. The van der Waals surface area contributed by atoms with E-state index in [4.69, 9.17) is 0 Å². The molecule has 0 heterocycles. The molecule has 6 rings (SSSR count). The lowest BCUT2D eigenvalue weighted by molar-refractivity contribution is -0.138. The lowest BCUT2D eigenvalue weighted by Gasteiger charge is -2.14. The Morgan fingerprint density at radius 3 is 0.847 bits per heavy atom. The summed E-state index contributed by atoms with van der Waals surface area (Å²) in [4.78, 5) is 4.09. The number of halogens is 17. The second-order valence-corrected chi connectivity index (χ2v) is 21.9. The summed E-state index contributed by atoms with van der Waals surface area (Å²) in [6, 6.07) is 28.7. The fraction of sp³-hybridized carbons (Fsp3) is 0.100. The van der Waals surface area contributed by atoms with Crippen LogP contribution in [0.4, 0.5) is 52.7 Å². The predicted octanol–water partition coefficient (Wildman–Crippen LogP) is 16.7. The van der Waals surface area contributed by atoms with Crippen LogP contribution in [0, 0.1) is 17.9 Å². The lowest BCUT2D eigenvalue weighted by Crippen LogP contribution is -2.11. The monoisotopic (exact) mass is 1430 g/mol. The highest BCUT2D eigenvalue weighted by Gasteiger charge is 2.39. The van der Waals surface area contributed by atoms with Gasteiger partial charge >= 0.3 is 24.7 Å². The van der Waals surface area contributed by atoms with E-state index < -0.39 is 68.7 Å². The van der Waals surface area contributed by atoms with E-state index in [0.29, 0.717) is 19.6 Å². The molecular formula is C40H21F12I5S2+2. The van der Waals surface area contributed by atoms with Crippen molar-refractivity contribution in [2.75, 3.05) is 0 Å². The van der Waals surface area contributed by atoms with Crippen LogP contribution in [-0.4, -0.2) is 0 Å². The van der Waals surface area contributed by atoms with Crippen LogP contribution in [0.5, 0.6) is 0 Å². The highest BCUT2D eigenvalue weighted by Crippen LogP contribution is 2.41. The van der Waals surface area contributed by atoms with Crippen molar-refractivity contribution in [2.24, 2.45) is 0 Å². The molecule has 0 aliphatic rings. The molecule has 0 fully saturated rings. The van der Waals surface area contributed by atoms with Crippen molar-refractivity contribution in [1.82, 2.24) is 0 Å². The molecule has 0 bridgehead atoms. The average molecular weight is 1430 g/mol. The molecule has 0 atom stereocenters. The molecular weight excluding hydrogens is 1410 g/mol. The summed E-state index contributed by atoms with van der Waals surface area (Å²) in [5.41, 5.74) is -3.08.